The van der Waals surface area contributed by atoms with Gasteiger partial charge in [0.2, 0.25) is 0 Å². The van der Waals surface area contributed by atoms with Crippen LogP contribution in [0.3, 0.4) is 0 Å². The highest BCUT2D eigenvalue weighted by molar-refractivity contribution is 5.75. The number of aromatic nitrogens is 2. The summed E-state index contributed by atoms with van der Waals surface area (Å²) in [4.78, 5) is 26.5. The Morgan fingerprint density at radius 2 is 2.03 bits per heavy atom. The third-order valence-electron chi connectivity index (χ3n) is 7.89. The van der Waals surface area contributed by atoms with Gasteiger partial charge in [0.1, 0.15) is 17.7 Å². The number of hydrogen-bond donors (Lipinski definition) is 2. The zero-order chi connectivity index (χ0) is 25.5. The van der Waals surface area contributed by atoms with E-state index in [1.54, 1.807) is 6.33 Å². The van der Waals surface area contributed by atoms with Crippen molar-refractivity contribution in [2.45, 2.75) is 76.9 Å². The number of carbonyl (C=O) groups is 1. The zero-order valence-electron chi connectivity index (χ0n) is 22.0. The first-order valence-electron chi connectivity index (χ1n) is 13.3. The van der Waals surface area contributed by atoms with E-state index in [1.807, 2.05) is 25.7 Å². The van der Waals surface area contributed by atoms with Gasteiger partial charge in [-0.15, -0.1) is 0 Å². The first-order chi connectivity index (χ1) is 17.2. The highest BCUT2D eigenvalue weighted by Gasteiger charge is 2.48. The van der Waals surface area contributed by atoms with Gasteiger partial charge in [0.25, 0.3) is 0 Å². The Kier molecular flexibility index (Phi) is 6.68. The van der Waals surface area contributed by atoms with E-state index in [-0.39, 0.29) is 18.1 Å². The van der Waals surface area contributed by atoms with Gasteiger partial charge in [-0.05, 0) is 69.6 Å². The maximum atomic E-state index is 12.8. The fraction of sp³-hybridized carbons (Fsp3) is 0.607. The van der Waals surface area contributed by atoms with Crippen LogP contribution >= 0.6 is 0 Å². The second kappa shape index (κ2) is 9.63. The van der Waals surface area contributed by atoms with Crippen molar-refractivity contribution in [2.75, 3.05) is 37.7 Å². The molecule has 1 aliphatic carbocycles. The highest BCUT2D eigenvalue weighted by Crippen LogP contribution is 2.52. The number of ether oxygens (including phenoxy) is 1. The van der Waals surface area contributed by atoms with Crippen molar-refractivity contribution >= 4 is 17.6 Å². The quantitative estimate of drug-likeness (QED) is 0.608. The third kappa shape index (κ3) is 4.57. The number of piperidine rings is 1. The second-order valence-corrected chi connectivity index (χ2v) is 11.5. The molecule has 8 heteroatoms. The molecule has 5 rings (SSSR count). The average Bonchev–Trinajstić information content (AvgIpc) is 3.38. The van der Waals surface area contributed by atoms with Gasteiger partial charge in [-0.3, -0.25) is 0 Å². The fourth-order valence-electron chi connectivity index (χ4n) is 6.22. The summed E-state index contributed by atoms with van der Waals surface area (Å²) in [5.74, 6) is 1.48. The van der Waals surface area contributed by atoms with Gasteiger partial charge in [0.05, 0.1) is 6.61 Å². The fourth-order valence-corrected chi connectivity index (χ4v) is 6.22. The summed E-state index contributed by atoms with van der Waals surface area (Å²) in [5, 5.41) is 12.7. The van der Waals surface area contributed by atoms with Crippen molar-refractivity contribution < 1.29 is 14.6 Å². The van der Waals surface area contributed by atoms with Crippen LogP contribution in [-0.4, -0.2) is 64.5 Å². The Hall–Kier alpha value is -2.71. The van der Waals surface area contributed by atoms with E-state index in [2.05, 4.69) is 40.3 Å². The molecule has 1 fully saturated rings. The molecule has 1 saturated heterocycles. The Bertz CT molecular complexity index is 1120. The summed E-state index contributed by atoms with van der Waals surface area (Å²) in [6.45, 7) is 11.6. The van der Waals surface area contributed by atoms with Crippen LogP contribution in [0.2, 0.25) is 0 Å². The molecule has 2 aliphatic heterocycles. The lowest BCUT2D eigenvalue weighted by molar-refractivity contribution is 0.0170. The number of carbonyl (C=O) groups excluding carboxylic acids is 1. The van der Waals surface area contributed by atoms with Gasteiger partial charge in [0, 0.05) is 55.1 Å². The average molecular weight is 494 g/mol. The van der Waals surface area contributed by atoms with Crippen LogP contribution in [0.15, 0.2) is 24.5 Å². The summed E-state index contributed by atoms with van der Waals surface area (Å²) in [7, 11) is 0. The van der Waals surface area contributed by atoms with Gasteiger partial charge in [0.15, 0.2) is 0 Å². The van der Waals surface area contributed by atoms with E-state index in [0.29, 0.717) is 32.1 Å². The lowest BCUT2D eigenvalue weighted by Gasteiger charge is -2.41. The van der Waals surface area contributed by atoms with Crippen molar-refractivity contribution in [3.05, 3.63) is 46.9 Å². The van der Waals surface area contributed by atoms with Crippen molar-refractivity contribution in [3.63, 3.8) is 0 Å². The minimum atomic E-state index is -0.501. The SMILES string of the molecule is CC1CCc2ncnc(N3CC4(CCN(C(=O)OC(C)(C)C)CC4)c4c(CNCCO)cccc43)c21. The number of aliphatic hydroxyl groups is 1. The van der Waals surface area contributed by atoms with Gasteiger partial charge >= 0.3 is 6.09 Å². The minimum absolute atomic E-state index is 0.0784. The molecule has 2 aromatic rings. The third-order valence-corrected chi connectivity index (χ3v) is 7.89. The molecule has 0 saturated carbocycles. The molecule has 3 aliphatic rings. The maximum absolute atomic E-state index is 12.8. The predicted octanol–water partition coefficient (Wildman–Crippen LogP) is 4.03. The Morgan fingerprint density at radius 3 is 2.75 bits per heavy atom. The molecule has 0 radical (unpaired) electrons. The van der Waals surface area contributed by atoms with Crippen molar-refractivity contribution in [1.82, 2.24) is 20.2 Å². The molecule has 2 N–H and O–H groups in total. The van der Waals surface area contributed by atoms with Crippen LogP contribution in [0, 0.1) is 0 Å². The van der Waals surface area contributed by atoms with Crippen molar-refractivity contribution in [1.29, 1.82) is 0 Å². The van der Waals surface area contributed by atoms with Gasteiger partial charge in [-0.25, -0.2) is 14.8 Å². The molecule has 1 atom stereocenters. The maximum Gasteiger partial charge on any atom is 0.410 e. The molecule has 1 aromatic carbocycles. The molecular formula is C28H39N5O3. The van der Waals surface area contributed by atoms with E-state index in [9.17, 15) is 9.90 Å². The number of rotatable bonds is 5. The Labute approximate surface area is 214 Å². The van der Waals surface area contributed by atoms with Crippen LogP contribution in [0.25, 0.3) is 0 Å². The predicted molar refractivity (Wildman–Crippen MR) is 140 cm³/mol. The lowest BCUT2D eigenvalue weighted by atomic mass is 9.72. The molecule has 0 bridgehead atoms. The van der Waals surface area contributed by atoms with Crippen molar-refractivity contribution in [2.24, 2.45) is 0 Å². The van der Waals surface area contributed by atoms with Crippen LogP contribution in [0.1, 0.15) is 75.3 Å². The number of aliphatic hydroxyl groups excluding tert-OH is 1. The van der Waals surface area contributed by atoms with E-state index in [0.717, 1.165) is 38.0 Å². The van der Waals surface area contributed by atoms with E-state index in [4.69, 9.17) is 9.72 Å². The first kappa shape index (κ1) is 25.0. The topological polar surface area (TPSA) is 90.8 Å². The number of nitrogens with zero attached hydrogens (tertiary/aromatic N) is 4. The summed E-state index contributed by atoms with van der Waals surface area (Å²) in [5.41, 5.74) is 5.71. The highest BCUT2D eigenvalue weighted by atomic mass is 16.6. The van der Waals surface area contributed by atoms with Crippen LogP contribution < -0.4 is 10.2 Å². The number of hydrogen-bond acceptors (Lipinski definition) is 7. The molecule has 1 amide bonds. The van der Waals surface area contributed by atoms with Crippen LogP contribution in [0.4, 0.5) is 16.3 Å². The number of aryl methyl sites for hydroxylation is 1. The normalized spacial score (nSPS) is 20.5. The lowest BCUT2D eigenvalue weighted by Crippen LogP contribution is -2.48. The summed E-state index contributed by atoms with van der Waals surface area (Å²) >= 11 is 0. The molecule has 8 nitrogen and oxygen atoms in total. The molecule has 1 unspecified atom stereocenters. The molecular weight excluding hydrogens is 454 g/mol. The van der Waals surface area contributed by atoms with Crippen molar-refractivity contribution in [3.8, 4) is 0 Å². The van der Waals surface area contributed by atoms with E-state index < -0.39 is 5.60 Å². The Balaban J connectivity index is 1.50. The second-order valence-electron chi connectivity index (χ2n) is 11.5. The van der Waals surface area contributed by atoms with Gasteiger partial charge in [-0.1, -0.05) is 19.1 Å². The van der Waals surface area contributed by atoms with E-state index >= 15 is 0 Å². The molecule has 1 aromatic heterocycles. The number of benzene rings is 1. The summed E-state index contributed by atoms with van der Waals surface area (Å²) < 4.78 is 5.67. The van der Waals surface area contributed by atoms with E-state index in [1.165, 1.54) is 28.1 Å². The largest absolute Gasteiger partial charge is 0.444 e. The smallest absolute Gasteiger partial charge is 0.410 e. The molecule has 36 heavy (non-hydrogen) atoms. The van der Waals surface area contributed by atoms with Gasteiger partial charge < -0.3 is 25.0 Å². The molecule has 3 heterocycles. The zero-order valence-corrected chi connectivity index (χ0v) is 22.0. The number of nitrogens with one attached hydrogen (secondary N) is 1. The number of amides is 1. The minimum Gasteiger partial charge on any atom is -0.444 e. The van der Waals surface area contributed by atoms with Gasteiger partial charge in [-0.2, -0.15) is 0 Å². The monoisotopic (exact) mass is 493 g/mol. The van der Waals surface area contributed by atoms with Crippen LogP contribution in [0.5, 0.6) is 0 Å². The standard InChI is InChI=1S/C28H39N5O3/c1-19-8-9-21-23(19)25(31-18-30-21)33-17-28(10-13-32(14-11-28)26(35)36-27(2,3)4)24-20(16-29-12-15-34)6-5-7-22(24)33/h5-7,18-19,29,34H,8-17H2,1-4H3. The number of anilines is 2. The molecule has 194 valence electrons. The summed E-state index contributed by atoms with van der Waals surface area (Å²) in [6, 6.07) is 6.54. The van der Waals surface area contributed by atoms with Crippen LogP contribution in [-0.2, 0) is 23.1 Å². The Morgan fingerprint density at radius 1 is 1.25 bits per heavy atom. The number of fused-ring (bicyclic) bond motifs is 3. The first-order valence-corrected chi connectivity index (χ1v) is 13.3. The number of likely N-dealkylation sites (tertiary alicyclic amines) is 1. The summed E-state index contributed by atoms with van der Waals surface area (Å²) in [6.07, 6.45) is 5.35. The molecule has 1 spiro atoms.